The van der Waals surface area contributed by atoms with Gasteiger partial charge in [0.1, 0.15) is 11.5 Å². The van der Waals surface area contributed by atoms with E-state index in [0.717, 1.165) is 30.3 Å². The molecule has 1 amide bonds. The van der Waals surface area contributed by atoms with Gasteiger partial charge in [0.2, 0.25) is 5.91 Å². The van der Waals surface area contributed by atoms with Crippen LogP contribution >= 0.6 is 0 Å². The first-order chi connectivity index (χ1) is 12.7. The number of anilines is 2. The molecule has 1 N–H and O–H groups in total. The van der Waals surface area contributed by atoms with Crippen LogP contribution in [0.25, 0.3) is 0 Å². The number of methoxy groups -OCH3 is 1. The van der Waals surface area contributed by atoms with Crippen molar-refractivity contribution in [1.82, 2.24) is 0 Å². The Morgan fingerprint density at radius 1 is 1.00 bits per heavy atom. The molecule has 2 aromatic rings. The molecule has 26 heavy (non-hydrogen) atoms. The maximum absolute atomic E-state index is 12.1. The molecule has 0 unspecified atom stereocenters. The minimum atomic E-state index is 0.0113. The fraction of sp³-hybridized carbons (Fsp3) is 0.381. The topological polar surface area (TPSA) is 50.8 Å². The average Bonchev–Trinajstić information content (AvgIpc) is 3.21. The Labute approximate surface area is 154 Å². The molecular formula is C21H26N2O3. The molecule has 1 saturated heterocycles. The Balaban J connectivity index is 1.36. The SMILES string of the molecule is COc1ccc(OCCCC(=O)Nc2ccc(N3CCCC3)cc2)cc1. The van der Waals surface area contributed by atoms with E-state index in [-0.39, 0.29) is 5.91 Å². The Hall–Kier alpha value is -2.69. The summed E-state index contributed by atoms with van der Waals surface area (Å²) in [5.74, 6) is 1.59. The Kier molecular flexibility index (Phi) is 6.36. The Bertz CT molecular complexity index is 692. The number of carbonyl (C=O) groups excluding carboxylic acids is 1. The van der Waals surface area contributed by atoms with Crippen LogP contribution in [0.4, 0.5) is 11.4 Å². The fourth-order valence-corrected chi connectivity index (χ4v) is 3.05. The second-order valence-electron chi connectivity index (χ2n) is 6.42. The second kappa shape index (κ2) is 9.13. The maximum Gasteiger partial charge on any atom is 0.224 e. The van der Waals surface area contributed by atoms with Crippen LogP contribution in [0.15, 0.2) is 48.5 Å². The predicted molar refractivity (Wildman–Crippen MR) is 104 cm³/mol. The van der Waals surface area contributed by atoms with Crippen LogP contribution in [0.5, 0.6) is 11.5 Å². The summed E-state index contributed by atoms with van der Waals surface area (Å²) in [5.41, 5.74) is 2.07. The average molecular weight is 354 g/mol. The molecule has 0 saturated carbocycles. The number of nitrogens with one attached hydrogen (secondary N) is 1. The third-order valence-electron chi connectivity index (χ3n) is 4.50. The molecule has 1 aliphatic rings. The number of hydrogen-bond acceptors (Lipinski definition) is 4. The van der Waals surface area contributed by atoms with E-state index in [4.69, 9.17) is 9.47 Å². The standard InChI is InChI=1S/C21H26N2O3/c1-25-19-10-12-20(13-11-19)26-16-4-5-21(24)22-17-6-8-18(9-7-17)23-14-2-3-15-23/h6-13H,2-5,14-16H2,1H3,(H,22,24). The lowest BCUT2D eigenvalue weighted by Gasteiger charge is -2.17. The van der Waals surface area contributed by atoms with E-state index in [1.165, 1.54) is 18.5 Å². The Morgan fingerprint density at radius 2 is 1.65 bits per heavy atom. The first kappa shape index (κ1) is 18.1. The van der Waals surface area contributed by atoms with E-state index in [1.807, 2.05) is 36.4 Å². The van der Waals surface area contributed by atoms with Crippen molar-refractivity contribution in [3.05, 3.63) is 48.5 Å². The Morgan fingerprint density at radius 3 is 2.31 bits per heavy atom. The maximum atomic E-state index is 12.1. The first-order valence-corrected chi connectivity index (χ1v) is 9.16. The van der Waals surface area contributed by atoms with Crippen molar-refractivity contribution >= 4 is 17.3 Å². The summed E-state index contributed by atoms with van der Waals surface area (Å²) in [5, 5.41) is 2.94. The monoisotopic (exact) mass is 354 g/mol. The number of ether oxygens (including phenoxy) is 2. The molecule has 0 aliphatic carbocycles. The lowest BCUT2D eigenvalue weighted by Crippen LogP contribution is -2.17. The molecule has 1 aliphatic heterocycles. The van der Waals surface area contributed by atoms with Crippen LogP contribution in [-0.4, -0.2) is 32.7 Å². The van der Waals surface area contributed by atoms with Crippen LogP contribution < -0.4 is 19.7 Å². The summed E-state index contributed by atoms with van der Waals surface area (Å²) in [6.07, 6.45) is 3.63. The van der Waals surface area contributed by atoms with Crippen molar-refractivity contribution in [2.75, 3.05) is 37.0 Å². The van der Waals surface area contributed by atoms with E-state index in [9.17, 15) is 4.79 Å². The van der Waals surface area contributed by atoms with Crippen molar-refractivity contribution < 1.29 is 14.3 Å². The summed E-state index contributed by atoms with van der Waals surface area (Å²) in [6, 6.07) is 15.5. The van der Waals surface area contributed by atoms with Gasteiger partial charge in [-0.05, 0) is 67.8 Å². The lowest BCUT2D eigenvalue weighted by atomic mass is 10.2. The van der Waals surface area contributed by atoms with Gasteiger partial charge in [0.15, 0.2) is 0 Å². The molecule has 0 atom stereocenters. The van der Waals surface area contributed by atoms with Crippen LogP contribution in [0.1, 0.15) is 25.7 Å². The summed E-state index contributed by atoms with van der Waals surface area (Å²) < 4.78 is 10.7. The van der Waals surface area contributed by atoms with Gasteiger partial charge in [-0.25, -0.2) is 0 Å². The van der Waals surface area contributed by atoms with Crippen molar-refractivity contribution in [1.29, 1.82) is 0 Å². The highest BCUT2D eigenvalue weighted by molar-refractivity contribution is 5.90. The minimum absolute atomic E-state index is 0.0113. The molecule has 3 rings (SSSR count). The van der Waals surface area contributed by atoms with Gasteiger partial charge < -0.3 is 19.7 Å². The van der Waals surface area contributed by atoms with E-state index < -0.39 is 0 Å². The summed E-state index contributed by atoms with van der Waals surface area (Å²) in [7, 11) is 1.63. The smallest absolute Gasteiger partial charge is 0.224 e. The van der Waals surface area contributed by atoms with Crippen molar-refractivity contribution in [2.24, 2.45) is 0 Å². The lowest BCUT2D eigenvalue weighted by molar-refractivity contribution is -0.116. The van der Waals surface area contributed by atoms with E-state index in [1.54, 1.807) is 7.11 Å². The number of carbonyl (C=O) groups is 1. The van der Waals surface area contributed by atoms with Crippen LogP contribution in [0, 0.1) is 0 Å². The zero-order valence-electron chi connectivity index (χ0n) is 15.2. The van der Waals surface area contributed by atoms with E-state index in [0.29, 0.717) is 19.4 Å². The third-order valence-corrected chi connectivity index (χ3v) is 4.50. The van der Waals surface area contributed by atoms with Gasteiger partial charge in [-0.1, -0.05) is 0 Å². The predicted octanol–water partition coefficient (Wildman–Crippen LogP) is 4.09. The zero-order valence-corrected chi connectivity index (χ0v) is 15.2. The van der Waals surface area contributed by atoms with Gasteiger partial charge in [-0.15, -0.1) is 0 Å². The molecule has 0 radical (unpaired) electrons. The summed E-state index contributed by atoms with van der Waals surface area (Å²) >= 11 is 0. The van der Waals surface area contributed by atoms with Crippen LogP contribution in [0.3, 0.4) is 0 Å². The second-order valence-corrected chi connectivity index (χ2v) is 6.42. The molecule has 138 valence electrons. The van der Waals surface area contributed by atoms with E-state index in [2.05, 4.69) is 22.3 Å². The summed E-state index contributed by atoms with van der Waals surface area (Å²) in [6.45, 7) is 2.76. The molecule has 1 heterocycles. The largest absolute Gasteiger partial charge is 0.497 e. The van der Waals surface area contributed by atoms with Crippen molar-refractivity contribution in [3.63, 3.8) is 0 Å². The number of nitrogens with zero attached hydrogens (tertiary/aromatic N) is 1. The molecule has 5 heteroatoms. The quantitative estimate of drug-likeness (QED) is 0.726. The fourth-order valence-electron chi connectivity index (χ4n) is 3.05. The van der Waals surface area contributed by atoms with Gasteiger partial charge in [0.25, 0.3) is 0 Å². The van der Waals surface area contributed by atoms with Gasteiger partial charge in [0.05, 0.1) is 13.7 Å². The molecule has 0 aromatic heterocycles. The number of rotatable bonds is 8. The van der Waals surface area contributed by atoms with Gasteiger partial charge >= 0.3 is 0 Å². The van der Waals surface area contributed by atoms with Crippen LogP contribution in [-0.2, 0) is 4.79 Å². The molecule has 2 aromatic carbocycles. The number of benzene rings is 2. The molecule has 0 spiro atoms. The highest BCUT2D eigenvalue weighted by atomic mass is 16.5. The van der Waals surface area contributed by atoms with Gasteiger partial charge in [-0.2, -0.15) is 0 Å². The molecular weight excluding hydrogens is 328 g/mol. The van der Waals surface area contributed by atoms with Gasteiger partial charge in [-0.3, -0.25) is 4.79 Å². The zero-order chi connectivity index (χ0) is 18.2. The highest BCUT2D eigenvalue weighted by Gasteiger charge is 2.12. The number of hydrogen-bond donors (Lipinski definition) is 1. The molecule has 0 bridgehead atoms. The van der Waals surface area contributed by atoms with Crippen molar-refractivity contribution in [3.8, 4) is 11.5 Å². The summed E-state index contributed by atoms with van der Waals surface area (Å²) in [4.78, 5) is 14.4. The van der Waals surface area contributed by atoms with Crippen molar-refractivity contribution in [2.45, 2.75) is 25.7 Å². The first-order valence-electron chi connectivity index (χ1n) is 9.16. The van der Waals surface area contributed by atoms with E-state index >= 15 is 0 Å². The molecule has 5 nitrogen and oxygen atoms in total. The highest BCUT2D eigenvalue weighted by Crippen LogP contribution is 2.22. The van der Waals surface area contributed by atoms with Gasteiger partial charge in [0, 0.05) is 30.9 Å². The molecule has 1 fully saturated rings. The van der Waals surface area contributed by atoms with Crippen LogP contribution in [0.2, 0.25) is 0 Å². The normalized spacial score (nSPS) is 13.5. The minimum Gasteiger partial charge on any atom is -0.497 e. The number of amides is 1. The third kappa shape index (κ3) is 5.15.